The van der Waals surface area contributed by atoms with E-state index in [0.717, 1.165) is 22.0 Å². The lowest BCUT2D eigenvalue weighted by molar-refractivity contribution is 1.25. The highest BCUT2D eigenvalue weighted by Gasteiger charge is 2.05. The highest BCUT2D eigenvalue weighted by Crippen LogP contribution is 2.26. The molecule has 0 fully saturated rings. The fourth-order valence-corrected chi connectivity index (χ4v) is 2.10. The molecule has 0 saturated carbocycles. The van der Waals surface area contributed by atoms with Gasteiger partial charge in [-0.2, -0.15) is 4.98 Å². The van der Waals surface area contributed by atoms with Gasteiger partial charge in [0.15, 0.2) is 0 Å². The van der Waals surface area contributed by atoms with E-state index in [-0.39, 0.29) is 5.95 Å². The van der Waals surface area contributed by atoms with Crippen LogP contribution in [0.3, 0.4) is 0 Å². The predicted octanol–water partition coefficient (Wildman–Crippen LogP) is 2.77. The Bertz CT molecular complexity index is 748. The van der Waals surface area contributed by atoms with Gasteiger partial charge < -0.3 is 11.5 Å². The first-order valence-corrected chi connectivity index (χ1v) is 6.03. The highest BCUT2D eigenvalue weighted by atomic mass is 15.0. The van der Waals surface area contributed by atoms with Gasteiger partial charge in [-0.25, -0.2) is 4.98 Å². The molecule has 3 aromatic rings. The fraction of sp³-hybridized carbons (Fsp3) is 0.0667. The van der Waals surface area contributed by atoms with Crippen molar-refractivity contribution >= 4 is 22.7 Å². The zero-order valence-corrected chi connectivity index (χ0v) is 10.6. The summed E-state index contributed by atoms with van der Waals surface area (Å²) in [6, 6.07) is 14.3. The van der Waals surface area contributed by atoms with Crippen molar-refractivity contribution in [3.05, 3.63) is 48.0 Å². The number of hydrogen-bond donors (Lipinski definition) is 2. The van der Waals surface area contributed by atoms with Gasteiger partial charge in [-0.1, -0.05) is 35.9 Å². The summed E-state index contributed by atoms with van der Waals surface area (Å²) in [6.07, 6.45) is 0. The minimum Gasteiger partial charge on any atom is -0.383 e. The van der Waals surface area contributed by atoms with E-state index in [9.17, 15) is 0 Å². The van der Waals surface area contributed by atoms with Crippen LogP contribution in [0.25, 0.3) is 22.0 Å². The summed E-state index contributed by atoms with van der Waals surface area (Å²) in [5.74, 6) is 0.615. The molecule has 0 unspecified atom stereocenters. The summed E-state index contributed by atoms with van der Waals surface area (Å²) in [7, 11) is 0. The number of aryl methyl sites for hydroxylation is 1. The Balaban J connectivity index is 2.18. The number of hydrogen-bond acceptors (Lipinski definition) is 4. The van der Waals surface area contributed by atoms with Gasteiger partial charge in [0, 0.05) is 5.39 Å². The molecule has 0 bridgehead atoms. The average Bonchev–Trinajstić information content (AvgIpc) is 2.38. The maximum atomic E-state index is 5.83. The second-order valence-electron chi connectivity index (χ2n) is 4.56. The zero-order valence-electron chi connectivity index (χ0n) is 10.6. The van der Waals surface area contributed by atoms with Gasteiger partial charge in [0.25, 0.3) is 0 Å². The molecule has 0 aliphatic rings. The molecule has 2 aromatic carbocycles. The number of benzene rings is 2. The summed E-state index contributed by atoms with van der Waals surface area (Å²) in [5, 5.41) is 0.824. The monoisotopic (exact) mass is 250 g/mol. The van der Waals surface area contributed by atoms with Crippen LogP contribution in [0.4, 0.5) is 11.8 Å². The number of fused-ring (bicyclic) bond motifs is 1. The molecular weight excluding hydrogens is 236 g/mol. The van der Waals surface area contributed by atoms with Gasteiger partial charge >= 0.3 is 0 Å². The minimum atomic E-state index is 0.200. The number of nitrogens with zero attached hydrogens (tertiary/aromatic N) is 2. The van der Waals surface area contributed by atoms with Crippen LogP contribution < -0.4 is 11.5 Å². The Hall–Kier alpha value is -2.62. The lowest BCUT2D eigenvalue weighted by atomic mass is 10.0. The van der Waals surface area contributed by atoms with Crippen molar-refractivity contribution in [1.29, 1.82) is 0 Å². The van der Waals surface area contributed by atoms with E-state index in [4.69, 9.17) is 11.5 Å². The van der Waals surface area contributed by atoms with E-state index in [2.05, 4.69) is 41.2 Å². The van der Waals surface area contributed by atoms with Gasteiger partial charge in [0.1, 0.15) is 5.82 Å². The van der Waals surface area contributed by atoms with Crippen molar-refractivity contribution < 1.29 is 0 Å². The molecule has 0 saturated heterocycles. The Morgan fingerprint density at radius 1 is 0.842 bits per heavy atom. The molecule has 4 heteroatoms. The second-order valence-corrected chi connectivity index (χ2v) is 4.56. The van der Waals surface area contributed by atoms with Crippen LogP contribution in [0.2, 0.25) is 0 Å². The largest absolute Gasteiger partial charge is 0.383 e. The zero-order chi connectivity index (χ0) is 13.4. The number of anilines is 2. The van der Waals surface area contributed by atoms with E-state index >= 15 is 0 Å². The molecule has 0 aliphatic heterocycles. The highest BCUT2D eigenvalue weighted by molar-refractivity contribution is 5.92. The minimum absolute atomic E-state index is 0.200. The summed E-state index contributed by atoms with van der Waals surface area (Å²) < 4.78 is 0. The van der Waals surface area contributed by atoms with Crippen LogP contribution in [0.1, 0.15) is 5.56 Å². The summed E-state index contributed by atoms with van der Waals surface area (Å²) in [4.78, 5) is 8.19. The second kappa shape index (κ2) is 4.24. The molecule has 94 valence electrons. The van der Waals surface area contributed by atoms with Crippen LogP contribution in [-0.2, 0) is 0 Å². The molecule has 0 radical (unpaired) electrons. The number of nitrogens with two attached hydrogens (primary N) is 2. The van der Waals surface area contributed by atoms with Gasteiger partial charge in [0.2, 0.25) is 5.95 Å². The van der Waals surface area contributed by atoms with Gasteiger partial charge in [-0.15, -0.1) is 0 Å². The molecule has 0 atom stereocenters. The quantitative estimate of drug-likeness (QED) is 0.696. The molecule has 0 spiro atoms. The van der Waals surface area contributed by atoms with E-state index < -0.39 is 0 Å². The van der Waals surface area contributed by atoms with Crippen molar-refractivity contribution in [2.45, 2.75) is 6.92 Å². The number of nitrogen functional groups attached to an aromatic ring is 2. The topological polar surface area (TPSA) is 77.8 Å². The Kier molecular flexibility index (Phi) is 2.56. The molecule has 1 heterocycles. The molecule has 4 nitrogen and oxygen atoms in total. The van der Waals surface area contributed by atoms with Crippen molar-refractivity contribution in [2.24, 2.45) is 0 Å². The molecule has 0 aliphatic carbocycles. The lowest BCUT2D eigenvalue weighted by Crippen LogP contribution is -2.00. The van der Waals surface area contributed by atoms with Crippen LogP contribution >= 0.6 is 0 Å². The third kappa shape index (κ3) is 2.08. The summed E-state index contributed by atoms with van der Waals surface area (Å²) >= 11 is 0. The van der Waals surface area contributed by atoms with Crippen LogP contribution in [0.15, 0.2) is 42.5 Å². The Morgan fingerprint density at radius 2 is 1.53 bits per heavy atom. The maximum absolute atomic E-state index is 5.83. The average molecular weight is 250 g/mol. The smallest absolute Gasteiger partial charge is 0.222 e. The van der Waals surface area contributed by atoms with Crippen LogP contribution in [-0.4, -0.2) is 9.97 Å². The van der Waals surface area contributed by atoms with Crippen molar-refractivity contribution in [3.8, 4) is 11.1 Å². The first kappa shape index (κ1) is 11.5. The standard InChI is InChI=1S/C15H14N4/c1-9-2-4-10(5-3-9)11-6-7-12-13(8-11)18-15(17)19-14(12)16/h2-8H,1H3,(H4,16,17,18,19). The number of aromatic nitrogens is 2. The summed E-state index contributed by atoms with van der Waals surface area (Å²) in [5.41, 5.74) is 15.7. The van der Waals surface area contributed by atoms with Crippen molar-refractivity contribution in [1.82, 2.24) is 9.97 Å². The van der Waals surface area contributed by atoms with Crippen LogP contribution in [0.5, 0.6) is 0 Å². The third-order valence-electron chi connectivity index (χ3n) is 3.13. The van der Waals surface area contributed by atoms with E-state index in [0.29, 0.717) is 5.82 Å². The Labute approximate surface area is 111 Å². The number of rotatable bonds is 1. The molecular formula is C15H14N4. The molecule has 1 aromatic heterocycles. The fourth-order valence-electron chi connectivity index (χ4n) is 2.10. The summed E-state index contributed by atoms with van der Waals surface area (Å²) in [6.45, 7) is 2.07. The third-order valence-corrected chi connectivity index (χ3v) is 3.13. The van der Waals surface area contributed by atoms with Gasteiger partial charge in [-0.05, 0) is 30.2 Å². The molecule has 19 heavy (non-hydrogen) atoms. The van der Waals surface area contributed by atoms with E-state index in [1.165, 1.54) is 5.56 Å². The van der Waals surface area contributed by atoms with E-state index in [1.54, 1.807) is 0 Å². The maximum Gasteiger partial charge on any atom is 0.222 e. The normalized spacial score (nSPS) is 10.8. The van der Waals surface area contributed by atoms with Crippen molar-refractivity contribution in [3.63, 3.8) is 0 Å². The Morgan fingerprint density at radius 3 is 2.26 bits per heavy atom. The van der Waals surface area contributed by atoms with Crippen molar-refractivity contribution in [2.75, 3.05) is 11.5 Å². The van der Waals surface area contributed by atoms with Crippen LogP contribution in [0, 0.1) is 6.92 Å². The molecule has 3 rings (SSSR count). The lowest BCUT2D eigenvalue weighted by Gasteiger charge is -2.06. The van der Waals surface area contributed by atoms with Gasteiger partial charge in [0.05, 0.1) is 5.52 Å². The predicted molar refractivity (Wildman–Crippen MR) is 78.5 cm³/mol. The SMILES string of the molecule is Cc1ccc(-c2ccc3c(N)nc(N)nc3c2)cc1. The van der Waals surface area contributed by atoms with E-state index in [1.807, 2.05) is 18.2 Å². The molecule has 0 amide bonds. The van der Waals surface area contributed by atoms with Gasteiger partial charge in [-0.3, -0.25) is 0 Å². The molecule has 4 N–H and O–H groups in total. The first-order valence-electron chi connectivity index (χ1n) is 6.03. The first-order chi connectivity index (χ1) is 9.13.